The number of alkyl halides is 3. The van der Waals surface area contributed by atoms with Crippen LogP contribution in [0.2, 0.25) is 10.0 Å². The summed E-state index contributed by atoms with van der Waals surface area (Å²) in [5, 5.41) is 13.9. The summed E-state index contributed by atoms with van der Waals surface area (Å²) < 4.78 is 43.3. The Balaban J connectivity index is 1.59. The summed E-state index contributed by atoms with van der Waals surface area (Å²) in [6.07, 6.45) is -2.53. The number of carbonyl (C=O) groups is 7. The van der Waals surface area contributed by atoms with Crippen molar-refractivity contribution in [3.8, 4) is 0 Å². The molecule has 0 aromatic heterocycles. The molecule has 1 saturated heterocycles. The van der Waals surface area contributed by atoms with Crippen molar-refractivity contribution in [2.24, 2.45) is 22.7 Å². The van der Waals surface area contributed by atoms with E-state index in [-0.39, 0.29) is 51.0 Å². The van der Waals surface area contributed by atoms with Crippen LogP contribution in [0.25, 0.3) is 0 Å². The minimum absolute atomic E-state index is 0.0284. The number of nitrogens with zero attached hydrogens (tertiary/aromatic N) is 2. The summed E-state index contributed by atoms with van der Waals surface area (Å²) in [5.74, 6) is -6.00. The molecule has 0 bridgehead atoms. The van der Waals surface area contributed by atoms with Crippen LogP contribution in [-0.4, -0.2) is 114 Å². The Hall–Kier alpha value is -4.12. The van der Waals surface area contributed by atoms with Gasteiger partial charge in [0.25, 0.3) is 0 Å². The van der Waals surface area contributed by atoms with Crippen LogP contribution in [0.3, 0.4) is 0 Å². The Labute approximate surface area is 378 Å². The summed E-state index contributed by atoms with van der Waals surface area (Å²) in [4.78, 5) is 99.5. The first-order valence-electron chi connectivity index (χ1n) is 21.9. The molecule has 2 saturated carbocycles. The lowest BCUT2D eigenvalue weighted by atomic mass is 9.44. The second kappa shape index (κ2) is 21.2. The predicted molar refractivity (Wildman–Crippen MR) is 232 cm³/mol. The second-order valence-corrected chi connectivity index (χ2v) is 19.4. The van der Waals surface area contributed by atoms with E-state index in [1.165, 1.54) is 30.8 Å². The molecule has 14 nitrogen and oxygen atoms in total. The molecule has 4 rings (SSSR count). The molecule has 2 aliphatic carbocycles. The van der Waals surface area contributed by atoms with Crippen molar-refractivity contribution in [1.82, 2.24) is 36.4 Å². The molecule has 19 heteroatoms. The van der Waals surface area contributed by atoms with Gasteiger partial charge in [0.15, 0.2) is 0 Å². The van der Waals surface area contributed by atoms with Gasteiger partial charge in [-0.15, -0.1) is 0 Å². The van der Waals surface area contributed by atoms with Crippen molar-refractivity contribution >= 4 is 64.6 Å². The first-order valence-corrected chi connectivity index (χ1v) is 22.7. The fourth-order valence-corrected chi connectivity index (χ4v) is 9.33. The molecule has 5 N–H and O–H groups in total. The van der Waals surface area contributed by atoms with Gasteiger partial charge < -0.3 is 36.4 Å². The van der Waals surface area contributed by atoms with E-state index in [0.717, 1.165) is 6.42 Å². The molecular formula is C44H64Cl2F3N7O7. The number of amides is 7. The van der Waals surface area contributed by atoms with Crippen molar-refractivity contribution in [2.45, 2.75) is 155 Å². The number of benzene rings is 1. The van der Waals surface area contributed by atoms with Crippen molar-refractivity contribution < 1.29 is 46.7 Å². The Kier molecular flexibility index (Phi) is 17.4. The van der Waals surface area contributed by atoms with Gasteiger partial charge >= 0.3 is 6.18 Å². The van der Waals surface area contributed by atoms with Gasteiger partial charge in [-0.1, -0.05) is 64.2 Å². The highest BCUT2D eigenvalue weighted by Crippen LogP contribution is 2.69. The van der Waals surface area contributed by atoms with E-state index in [1.807, 2.05) is 13.8 Å². The topological polar surface area (TPSA) is 186 Å². The van der Waals surface area contributed by atoms with Crippen molar-refractivity contribution in [2.75, 3.05) is 20.6 Å². The van der Waals surface area contributed by atoms with Gasteiger partial charge in [0.1, 0.15) is 41.7 Å². The van der Waals surface area contributed by atoms with Crippen molar-refractivity contribution in [1.29, 1.82) is 0 Å². The van der Waals surface area contributed by atoms with Crippen LogP contribution in [0.4, 0.5) is 13.2 Å². The summed E-state index contributed by atoms with van der Waals surface area (Å²) >= 11 is 12.7. The Morgan fingerprint density at radius 2 is 1.60 bits per heavy atom. The molecule has 1 aromatic carbocycles. The summed E-state index contributed by atoms with van der Waals surface area (Å²) in [5.41, 5.74) is -2.63. The summed E-state index contributed by atoms with van der Waals surface area (Å²) in [7, 11) is 2.79. The lowest BCUT2D eigenvalue weighted by Crippen LogP contribution is -2.66. The molecule has 3 fully saturated rings. The molecule has 1 aliphatic heterocycles. The molecule has 6 atom stereocenters. The molecule has 1 aromatic rings. The molecule has 0 unspecified atom stereocenters. The zero-order chi connectivity index (χ0) is 47.2. The highest BCUT2D eigenvalue weighted by molar-refractivity contribution is 6.33. The minimum atomic E-state index is -4.81. The zero-order valence-electron chi connectivity index (χ0n) is 37.5. The van der Waals surface area contributed by atoms with E-state index in [0.29, 0.717) is 41.3 Å². The molecule has 1 heterocycles. The summed E-state index contributed by atoms with van der Waals surface area (Å²) in [6.45, 7) is 10.2. The number of rotatable bonds is 12. The van der Waals surface area contributed by atoms with Crippen molar-refractivity contribution in [3.63, 3.8) is 0 Å². The number of nitrogens with one attached hydrogen (secondary N) is 5. The first kappa shape index (κ1) is 51.5. The van der Waals surface area contributed by atoms with Gasteiger partial charge in [-0.2, -0.15) is 13.2 Å². The van der Waals surface area contributed by atoms with Crippen LogP contribution in [0.5, 0.6) is 0 Å². The number of hydrogen-bond acceptors (Lipinski definition) is 7. The lowest BCUT2D eigenvalue weighted by molar-refractivity contribution is -0.281. The number of hydrogen-bond donors (Lipinski definition) is 5. The SMILES string of the molecule is CC[C@H](NC(=O)[C@@H](NC(=O)C1(C(F)(F)F)CC2(CCC2)C1)C(C)C)C(=O)N(C)[C@H]1CCCCNC(=O)[C@@H](C)NC(=O)[C@H](Cc2cc(Cl)ccc2Cl)N(C)C(=O)[C@H](CC(C)C)NC1=O. The number of carbonyl (C=O) groups excluding carboxylic acids is 7. The lowest BCUT2D eigenvalue weighted by Gasteiger charge is -2.60. The Morgan fingerprint density at radius 3 is 2.16 bits per heavy atom. The summed E-state index contributed by atoms with van der Waals surface area (Å²) in [6, 6.07) is -2.48. The molecule has 7 amide bonds. The molecule has 3 aliphatic rings. The fourth-order valence-electron chi connectivity index (χ4n) is 8.94. The van der Waals surface area contributed by atoms with Gasteiger partial charge in [-0.05, 0) is 106 Å². The molecule has 63 heavy (non-hydrogen) atoms. The third-order valence-electron chi connectivity index (χ3n) is 12.9. The van der Waals surface area contributed by atoms with E-state index in [2.05, 4.69) is 26.6 Å². The largest absolute Gasteiger partial charge is 0.403 e. The fraction of sp³-hybridized carbons (Fsp3) is 0.705. The number of likely N-dealkylation sites (N-methyl/N-ethyl adjacent to an activating group) is 2. The second-order valence-electron chi connectivity index (χ2n) is 18.5. The highest BCUT2D eigenvalue weighted by atomic mass is 35.5. The average molecular weight is 931 g/mol. The van der Waals surface area contributed by atoms with Gasteiger partial charge in [0, 0.05) is 37.1 Å². The van der Waals surface area contributed by atoms with Crippen molar-refractivity contribution in [3.05, 3.63) is 33.8 Å². The van der Waals surface area contributed by atoms with Gasteiger partial charge in [0.05, 0.1) is 0 Å². The molecule has 0 radical (unpaired) electrons. The van der Waals surface area contributed by atoms with E-state index in [9.17, 15) is 46.7 Å². The van der Waals surface area contributed by atoms with E-state index in [1.54, 1.807) is 39.0 Å². The molecule has 352 valence electrons. The quantitative estimate of drug-likeness (QED) is 0.194. The smallest absolute Gasteiger partial charge is 0.354 e. The Bertz CT molecular complexity index is 1870. The van der Waals surface area contributed by atoms with Crippen LogP contribution in [-0.2, 0) is 40.0 Å². The monoisotopic (exact) mass is 929 g/mol. The van der Waals surface area contributed by atoms with Crippen LogP contribution in [0.1, 0.15) is 111 Å². The normalized spacial score (nSPS) is 24.3. The van der Waals surface area contributed by atoms with E-state index in [4.69, 9.17) is 23.2 Å². The Morgan fingerprint density at radius 1 is 0.952 bits per heavy atom. The standard InChI is InChI=1S/C44H64Cl2F3N7O7/c1-9-30(52-38(60)34(25(4)5)54-41(63)43(44(47,48)49)22-42(23-43)16-12-17-42)39(61)55(7)32-13-10-11-18-50-35(57)26(6)51-37(59)33(21-27-20-28(45)14-15-29(27)46)56(8)40(62)31(19-24(2)3)53-36(32)58/h14-15,20,24-26,30-34H,9-13,16-19,21-23H2,1-8H3,(H,50,57)(H,51,59)(H,52,60)(H,53,58)(H,54,63)/t26-,30+,31+,32+,33+,34+/m1/s1. The average Bonchev–Trinajstić information content (AvgIpc) is 3.16. The molecule has 1 spiro atoms. The maximum Gasteiger partial charge on any atom is 0.403 e. The predicted octanol–water partition coefficient (Wildman–Crippen LogP) is 5.07. The van der Waals surface area contributed by atoms with Crippen LogP contribution in [0, 0.1) is 22.7 Å². The third-order valence-corrected chi connectivity index (χ3v) is 13.5. The van der Waals surface area contributed by atoms with Gasteiger partial charge in [0.2, 0.25) is 41.4 Å². The zero-order valence-corrected chi connectivity index (χ0v) is 39.0. The highest BCUT2D eigenvalue weighted by Gasteiger charge is 2.72. The third kappa shape index (κ3) is 12.2. The van der Waals surface area contributed by atoms with Gasteiger partial charge in [-0.25, -0.2) is 0 Å². The van der Waals surface area contributed by atoms with Gasteiger partial charge in [-0.3, -0.25) is 33.6 Å². The van der Waals surface area contributed by atoms with Crippen LogP contribution < -0.4 is 26.6 Å². The van der Waals surface area contributed by atoms with E-state index >= 15 is 0 Å². The van der Waals surface area contributed by atoms with Crippen LogP contribution in [0.15, 0.2) is 18.2 Å². The van der Waals surface area contributed by atoms with Crippen LogP contribution >= 0.6 is 23.2 Å². The molecular weight excluding hydrogens is 866 g/mol. The number of halogens is 5. The van der Waals surface area contributed by atoms with E-state index < -0.39 is 101 Å². The maximum absolute atomic E-state index is 14.4. The minimum Gasteiger partial charge on any atom is -0.354 e. The maximum atomic E-state index is 14.4. The first-order chi connectivity index (χ1) is 29.4.